The summed E-state index contributed by atoms with van der Waals surface area (Å²) < 4.78 is 32.4. The number of sulfonamides is 1. The predicted molar refractivity (Wildman–Crippen MR) is 77.6 cm³/mol. The molecule has 8 heteroatoms. The van der Waals surface area contributed by atoms with Gasteiger partial charge in [0.2, 0.25) is 10.0 Å². The average Bonchev–Trinajstić information content (AvgIpc) is 2.85. The summed E-state index contributed by atoms with van der Waals surface area (Å²) >= 11 is 5.96. The molecule has 2 unspecified atom stereocenters. The van der Waals surface area contributed by atoms with Crippen molar-refractivity contribution < 1.29 is 13.2 Å². The fourth-order valence-corrected chi connectivity index (χ4v) is 3.88. The molecular formula is C12H18ClN3O3S. The van der Waals surface area contributed by atoms with Crippen LogP contribution in [-0.2, 0) is 14.8 Å². The molecule has 0 bridgehead atoms. The van der Waals surface area contributed by atoms with Crippen molar-refractivity contribution in [1.29, 1.82) is 0 Å². The second kappa shape index (κ2) is 6.26. The van der Waals surface area contributed by atoms with Gasteiger partial charge in [-0.1, -0.05) is 11.6 Å². The van der Waals surface area contributed by atoms with Crippen LogP contribution in [0.1, 0.15) is 19.3 Å². The third kappa shape index (κ3) is 3.41. The zero-order valence-electron chi connectivity index (χ0n) is 11.4. The van der Waals surface area contributed by atoms with Crippen molar-refractivity contribution in [3.63, 3.8) is 0 Å². The van der Waals surface area contributed by atoms with Crippen molar-refractivity contribution in [2.75, 3.05) is 19.5 Å². The number of nitrogens with zero attached hydrogens (tertiary/aromatic N) is 1. The monoisotopic (exact) mass is 319 g/mol. The number of aromatic nitrogens is 1. The van der Waals surface area contributed by atoms with E-state index in [9.17, 15) is 8.42 Å². The summed E-state index contributed by atoms with van der Waals surface area (Å²) in [6, 6.07) is 1.29. The molecule has 1 aromatic rings. The molecule has 2 atom stereocenters. The van der Waals surface area contributed by atoms with Crippen molar-refractivity contribution in [3.05, 3.63) is 17.3 Å². The SMILES string of the molecule is CNc1ncc(S(=O)(=O)NC2CCC(OC)C2)cc1Cl. The second-order valence-corrected chi connectivity index (χ2v) is 6.86. The number of hydrogen-bond acceptors (Lipinski definition) is 5. The van der Waals surface area contributed by atoms with E-state index in [-0.39, 0.29) is 22.1 Å². The summed E-state index contributed by atoms with van der Waals surface area (Å²) in [7, 11) is -0.292. The van der Waals surface area contributed by atoms with Gasteiger partial charge in [-0.15, -0.1) is 0 Å². The molecular weight excluding hydrogens is 302 g/mol. The van der Waals surface area contributed by atoms with Gasteiger partial charge in [-0.2, -0.15) is 0 Å². The molecule has 1 aromatic heterocycles. The van der Waals surface area contributed by atoms with Gasteiger partial charge in [0, 0.05) is 26.4 Å². The molecule has 1 aliphatic carbocycles. The van der Waals surface area contributed by atoms with E-state index < -0.39 is 10.0 Å². The van der Waals surface area contributed by atoms with Crippen LogP contribution in [0.4, 0.5) is 5.82 Å². The Labute approximate surface area is 123 Å². The molecule has 2 N–H and O–H groups in total. The van der Waals surface area contributed by atoms with Crippen LogP contribution in [0.15, 0.2) is 17.2 Å². The van der Waals surface area contributed by atoms with Crippen LogP contribution >= 0.6 is 11.6 Å². The number of methoxy groups -OCH3 is 1. The topological polar surface area (TPSA) is 80.3 Å². The molecule has 1 fully saturated rings. The Morgan fingerprint density at radius 3 is 2.75 bits per heavy atom. The van der Waals surface area contributed by atoms with Gasteiger partial charge < -0.3 is 10.1 Å². The maximum atomic E-state index is 12.3. The van der Waals surface area contributed by atoms with E-state index in [1.54, 1.807) is 14.2 Å². The Hall–Kier alpha value is -0.890. The van der Waals surface area contributed by atoms with Crippen molar-refractivity contribution >= 4 is 27.4 Å². The molecule has 6 nitrogen and oxygen atoms in total. The van der Waals surface area contributed by atoms with E-state index in [0.29, 0.717) is 12.2 Å². The lowest BCUT2D eigenvalue weighted by atomic mass is 10.3. The predicted octanol–water partition coefficient (Wildman–Crippen LogP) is 1.62. The van der Waals surface area contributed by atoms with Crippen molar-refractivity contribution in [2.24, 2.45) is 0 Å². The highest BCUT2D eigenvalue weighted by Crippen LogP contribution is 2.25. The Morgan fingerprint density at radius 2 is 2.20 bits per heavy atom. The molecule has 20 heavy (non-hydrogen) atoms. The van der Waals surface area contributed by atoms with Gasteiger partial charge >= 0.3 is 0 Å². The first kappa shape index (κ1) is 15.5. The maximum Gasteiger partial charge on any atom is 0.242 e. The van der Waals surface area contributed by atoms with Gasteiger partial charge in [0.15, 0.2) is 0 Å². The second-order valence-electron chi connectivity index (χ2n) is 4.74. The van der Waals surface area contributed by atoms with Crippen LogP contribution < -0.4 is 10.0 Å². The molecule has 0 amide bonds. The molecule has 1 heterocycles. The molecule has 1 saturated carbocycles. The molecule has 0 spiro atoms. The molecule has 2 rings (SSSR count). The van der Waals surface area contributed by atoms with Crippen LogP contribution in [0.5, 0.6) is 0 Å². The molecule has 0 radical (unpaired) electrons. The van der Waals surface area contributed by atoms with E-state index in [2.05, 4.69) is 15.0 Å². The molecule has 112 valence electrons. The molecule has 0 aromatic carbocycles. The van der Waals surface area contributed by atoms with Crippen LogP contribution in [0.2, 0.25) is 5.02 Å². The minimum absolute atomic E-state index is 0.0716. The number of hydrogen-bond donors (Lipinski definition) is 2. The van der Waals surface area contributed by atoms with Crippen molar-refractivity contribution in [2.45, 2.75) is 36.3 Å². The van der Waals surface area contributed by atoms with E-state index in [1.165, 1.54) is 12.3 Å². The van der Waals surface area contributed by atoms with Gasteiger partial charge in [0.05, 0.1) is 11.1 Å². The zero-order valence-corrected chi connectivity index (χ0v) is 13.0. The van der Waals surface area contributed by atoms with E-state index in [4.69, 9.17) is 16.3 Å². The Bertz CT molecular complexity index is 579. The van der Waals surface area contributed by atoms with Gasteiger partial charge in [-0.05, 0) is 25.3 Å². The van der Waals surface area contributed by atoms with Gasteiger partial charge in [-0.3, -0.25) is 0 Å². The highest BCUT2D eigenvalue weighted by molar-refractivity contribution is 7.89. The lowest BCUT2D eigenvalue weighted by Crippen LogP contribution is -2.33. The zero-order chi connectivity index (χ0) is 14.8. The largest absolute Gasteiger partial charge is 0.381 e. The first-order chi connectivity index (χ1) is 9.46. The lowest BCUT2D eigenvalue weighted by molar-refractivity contribution is 0.107. The van der Waals surface area contributed by atoms with E-state index >= 15 is 0 Å². The van der Waals surface area contributed by atoms with Gasteiger partial charge in [0.25, 0.3) is 0 Å². The summed E-state index contributed by atoms with van der Waals surface area (Å²) in [5, 5.41) is 3.06. The normalized spacial score (nSPS) is 22.9. The number of anilines is 1. The van der Waals surface area contributed by atoms with Gasteiger partial charge in [-0.25, -0.2) is 18.1 Å². The molecule has 1 aliphatic rings. The van der Waals surface area contributed by atoms with Crippen LogP contribution in [0.25, 0.3) is 0 Å². The summed E-state index contributed by atoms with van der Waals surface area (Å²) in [6.45, 7) is 0. The fourth-order valence-electron chi connectivity index (χ4n) is 2.30. The van der Waals surface area contributed by atoms with Crippen LogP contribution in [0, 0.1) is 0 Å². The van der Waals surface area contributed by atoms with Crippen LogP contribution in [-0.4, -0.2) is 39.7 Å². The highest BCUT2D eigenvalue weighted by atomic mass is 35.5. The Balaban J connectivity index is 2.12. The van der Waals surface area contributed by atoms with Gasteiger partial charge in [0.1, 0.15) is 10.7 Å². The number of ether oxygens (including phenoxy) is 1. The standard InChI is InChI=1S/C12H18ClN3O3S/c1-14-12-11(13)6-10(7-15-12)20(17,18)16-8-3-4-9(5-8)19-2/h6-9,16H,3-5H2,1-2H3,(H,14,15). The minimum atomic E-state index is -3.60. The van der Waals surface area contributed by atoms with E-state index in [0.717, 1.165) is 12.8 Å². The smallest absolute Gasteiger partial charge is 0.242 e. The Morgan fingerprint density at radius 1 is 1.45 bits per heavy atom. The third-order valence-corrected chi connectivity index (χ3v) is 5.18. The fraction of sp³-hybridized carbons (Fsp3) is 0.583. The molecule has 0 saturated heterocycles. The number of pyridine rings is 1. The minimum Gasteiger partial charge on any atom is -0.381 e. The summed E-state index contributed by atoms with van der Waals surface area (Å²) in [4.78, 5) is 4.05. The Kier molecular flexibility index (Phi) is 4.85. The van der Waals surface area contributed by atoms with Crippen molar-refractivity contribution in [3.8, 4) is 0 Å². The number of rotatable bonds is 5. The summed E-state index contributed by atoms with van der Waals surface area (Å²) in [6.07, 6.45) is 3.74. The highest BCUT2D eigenvalue weighted by Gasteiger charge is 2.29. The maximum absolute atomic E-state index is 12.3. The van der Waals surface area contributed by atoms with Crippen LogP contribution in [0.3, 0.4) is 0 Å². The van der Waals surface area contributed by atoms with Crippen molar-refractivity contribution in [1.82, 2.24) is 9.71 Å². The first-order valence-electron chi connectivity index (χ1n) is 6.34. The first-order valence-corrected chi connectivity index (χ1v) is 8.21. The summed E-state index contributed by atoms with van der Waals surface area (Å²) in [5.74, 6) is 0.450. The number of nitrogens with one attached hydrogen (secondary N) is 2. The average molecular weight is 320 g/mol. The number of halogens is 1. The third-order valence-electron chi connectivity index (χ3n) is 3.40. The quantitative estimate of drug-likeness (QED) is 0.862. The van der Waals surface area contributed by atoms with E-state index in [1.807, 2.05) is 0 Å². The lowest BCUT2D eigenvalue weighted by Gasteiger charge is -2.14. The molecule has 0 aliphatic heterocycles. The summed E-state index contributed by atoms with van der Waals surface area (Å²) in [5.41, 5.74) is 0.